The fourth-order valence-corrected chi connectivity index (χ4v) is 2.58. The van der Waals surface area contributed by atoms with E-state index >= 15 is 0 Å². The molecule has 18 heavy (non-hydrogen) atoms. The number of ether oxygens (including phenoxy) is 1. The first-order valence-corrected chi connectivity index (χ1v) is 6.51. The maximum atomic E-state index is 6.01. The van der Waals surface area contributed by atoms with Crippen molar-refractivity contribution in [2.45, 2.75) is 6.04 Å². The van der Waals surface area contributed by atoms with E-state index in [0.29, 0.717) is 19.1 Å². The summed E-state index contributed by atoms with van der Waals surface area (Å²) in [5.41, 5.74) is 2.01. The fourth-order valence-electron chi connectivity index (χ4n) is 2.32. The van der Waals surface area contributed by atoms with Gasteiger partial charge in [0.1, 0.15) is 5.52 Å². The van der Waals surface area contributed by atoms with Crippen LogP contribution in [0.25, 0.3) is 11.0 Å². The van der Waals surface area contributed by atoms with E-state index in [9.17, 15) is 0 Å². The average molecular weight is 267 g/mol. The Morgan fingerprint density at radius 2 is 2.39 bits per heavy atom. The monoisotopic (exact) mass is 266 g/mol. The predicted octanol–water partition coefficient (Wildman–Crippen LogP) is 1.41. The minimum Gasteiger partial charge on any atom is -0.377 e. The second-order valence-electron chi connectivity index (χ2n) is 4.43. The number of rotatable bonds is 2. The molecule has 0 saturated carbocycles. The van der Waals surface area contributed by atoms with Crippen LogP contribution < -0.4 is 4.90 Å². The Morgan fingerprint density at radius 3 is 3.22 bits per heavy atom. The molecule has 2 aromatic heterocycles. The van der Waals surface area contributed by atoms with Crippen LogP contribution in [0.2, 0.25) is 0 Å². The Balaban J connectivity index is 2.07. The first-order valence-electron chi connectivity index (χ1n) is 5.97. The van der Waals surface area contributed by atoms with Gasteiger partial charge in [-0.25, -0.2) is 9.97 Å². The quantitative estimate of drug-likeness (QED) is 0.771. The number of hydrogen-bond acceptors (Lipinski definition) is 4. The highest BCUT2D eigenvalue weighted by atomic mass is 35.5. The van der Waals surface area contributed by atoms with E-state index in [-0.39, 0.29) is 6.04 Å². The molecule has 0 aromatic carbocycles. The van der Waals surface area contributed by atoms with Crippen molar-refractivity contribution in [2.24, 2.45) is 7.05 Å². The molecular weight excluding hydrogens is 252 g/mol. The van der Waals surface area contributed by atoms with Crippen molar-refractivity contribution in [1.82, 2.24) is 14.5 Å². The zero-order valence-electron chi connectivity index (χ0n) is 10.2. The summed E-state index contributed by atoms with van der Waals surface area (Å²) in [4.78, 5) is 11.1. The number of hydrogen-bond donors (Lipinski definition) is 0. The summed E-state index contributed by atoms with van der Waals surface area (Å²) in [6.45, 7) is 2.16. The van der Waals surface area contributed by atoms with Crippen molar-refractivity contribution >= 4 is 28.5 Å². The minimum atomic E-state index is 0.167. The summed E-state index contributed by atoms with van der Waals surface area (Å²) in [6, 6.07) is 2.14. The van der Waals surface area contributed by atoms with Gasteiger partial charge in [-0.1, -0.05) is 0 Å². The van der Waals surface area contributed by atoms with E-state index in [1.165, 1.54) is 0 Å². The van der Waals surface area contributed by atoms with E-state index in [0.717, 1.165) is 23.4 Å². The van der Waals surface area contributed by atoms with Gasteiger partial charge in [0, 0.05) is 25.7 Å². The molecule has 1 aliphatic rings. The number of nitrogens with zero attached hydrogens (tertiary/aromatic N) is 4. The van der Waals surface area contributed by atoms with Gasteiger partial charge >= 0.3 is 0 Å². The molecule has 1 aliphatic heterocycles. The molecule has 5 nitrogen and oxygen atoms in total. The van der Waals surface area contributed by atoms with Crippen LogP contribution in [0.15, 0.2) is 18.6 Å². The van der Waals surface area contributed by atoms with Gasteiger partial charge in [-0.15, -0.1) is 11.6 Å². The predicted molar refractivity (Wildman–Crippen MR) is 71.2 cm³/mol. The molecule has 0 amide bonds. The van der Waals surface area contributed by atoms with Gasteiger partial charge in [-0.3, -0.25) is 0 Å². The Kier molecular flexibility index (Phi) is 3.09. The SMILES string of the molecule is Cn1cnc2c(N3CCOCC3CCl)nccc21. The Morgan fingerprint density at radius 1 is 1.50 bits per heavy atom. The lowest BCUT2D eigenvalue weighted by Gasteiger charge is -2.35. The summed E-state index contributed by atoms with van der Waals surface area (Å²) in [7, 11) is 1.98. The third kappa shape index (κ3) is 1.83. The largest absolute Gasteiger partial charge is 0.377 e. The molecule has 3 heterocycles. The normalized spacial score (nSPS) is 20.6. The summed E-state index contributed by atoms with van der Waals surface area (Å²) in [5, 5.41) is 0. The number of pyridine rings is 1. The van der Waals surface area contributed by atoms with E-state index in [1.54, 1.807) is 0 Å². The zero-order chi connectivity index (χ0) is 12.5. The number of alkyl halides is 1. The molecule has 0 spiro atoms. The van der Waals surface area contributed by atoms with E-state index in [1.807, 2.05) is 30.2 Å². The number of aryl methyl sites for hydroxylation is 1. The van der Waals surface area contributed by atoms with Gasteiger partial charge in [0.05, 0.1) is 31.1 Å². The molecule has 1 atom stereocenters. The zero-order valence-corrected chi connectivity index (χ0v) is 11.0. The van der Waals surface area contributed by atoms with E-state index in [4.69, 9.17) is 16.3 Å². The Bertz CT molecular complexity index is 556. The maximum absolute atomic E-state index is 6.01. The van der Waals surface area contributed by atoms with Crippen molar-refractivity contribution in [3.05, 3.63) is 18.6 Å². The molecule has 3 rings (SSSR count). The lowest BCUT2D eigenvalue weighted by molar-refractivity contribution is 0.0995. The smallest absolute Gasteiger partial charge is 0.157 e. The van der Waals surface area contributed by atoms with Crippen molar-refractivity contribution < 1.29 is 4.74 Å². The molecule has 1 fully saturated rings. The third-order valence-corrected chi connectivity index (χ3v) is 3.66. The summed E-state index contributed by atoms with van der Waals surface area (Å²) in [5.74, 6) is 1.44. The van der Waals surface area contributed by atoms with Gasteiger partial charge in [-0.2, -0.15) is 0 Å². The molecule has 96 valence electrons. The molecule has 1 unspecified atom stereocenters. The maximum Gasteiger partial charge on any atom is 0.157 e. The first kappa shape index (κ1) is 11.7. The number of halogens is 1. The van der Waals surface area contributed by atoms with Gasteiger partial charge < -0.3 is 14.2 Å². The van der Waals surface area contributed by atoms with Gasteiger partial charge in [-0.05, 0) is 6.07 Å². The first-order chi connectivity index (χ1) is 8.81. The fraction of sp³-hybridized carbons (Fsp3) is 0.500. The van der Waals surface area contributed by atoms with Crippen molar-refractivity contribution in [1.29, 1.82) is 0 Å². The third-order valence-electron chi connectivity index (χ3n) is 3.30. The number of anilines is 1. The molecule has 0 aliphatic carbocycles. The molecular formula is C12H15ClN4O. The number of fused-ring (bicyclic) bond motifs is 1. The van der Waals surface area contributed by atoms with Crippen LogP contribution in [0.1, 0.15) is 0 Å². The molecule has 0 bridgehead atoms. The number of imidazole rings is 1. The molecule has 0 N–H and O–H groups in total. The Labute approximate surface area is 110 Å². The van der Waals surface area contributed by atoms with Crippen molar-refractivity contribution in [3.8, 4) is 0 Å². The average Bonchev–Trinajstić information content (AvgIpc) is 2.81. The van der Waals surface area contributed by atoms with Crippen LogP contribution in [-0.2, 0) is 11.8 Å². The lowest BCUT2D eigenvalue weighted by Crippen LogP contribution is -2.47. The van der Waals surface area contributed by atoms with Crippen molar-refractivity contribution in [2.75, 3.05) is 30.5 Å². The van der Waals surface area contributed by atoms with Crippen LogP contribution >= 0.6 is 11.6 Å². The van der Waals surface area contributed by atoms with Crippen LogP contribution in [0, 0.1) is 0 Å². The highest BCUT2D eigenvalue weighted by molar-refractivity contribution is 6.18. The minimum absolute atomic E-state index is 0.167. The second kappa shape index (κ2) is 4.74. The van der Waals surface area contributed by atoms with E-state index < -0.39 is 0 Å². The van der Waals surface area contributed by atoms with Crippen LogP contribution in [0.3, 0.4) is 0 Å². The van der Waals surface area contributed by atoms with Gasteiger partial charge in [0.15, 0.2) is 5.82 Å². The summed E-state index contributed by atoms with van der Waals surface area (Å²) in [6.07, 6.45) is 3.63. The highest BCUT2D eigenvalue weighted by Gasteiger charge is 2.25. The number of morpholine rings is 1. The molecule has 6 heteroatoms. The molecule has 0 radical (unpaired) electrons. The van der Waals surface area contributed by atoms with Gasteiger partial charge in [0.25, 0.3) is 0 Å². The topological polar surface area (TPSA) is 43.2 Å². The number of aromatic nitrogens is 3. The van der Waals surface area contributed by atoms with Crippen molar-refractivity contribution in [3.63, 3.8) is 0 Å². The van der Waals surface area contributed by atoms with Crippen LogP contribution in [0.5, 0.6) is 0 Å². The van der Waals surface area contributed by atoms with Gasteiger partial charge in [0.2, 0.25) is 0 Å². The highest BCUT2D eigenvalue weighted by Crippen LogP contribution is 2.25. The summed E-state index contributed by atoms with van der Waals surface area (Å²) < 4.78 is 7.46. The second-order valence-corrected chi connectivity index (χ2v) is 4.74. The van der Waals surface area contributed by atoms with E-state index in [2.05, 4.69) is 14.9 Å². The molecule has 1 saturated heterocycles. The molecule has 2 aromatic rings. The van der Waals surface area contributed by atoms with Crippen LogP contribution in [0.4, 0.5) is 5.82 Å². The standard InChI is InChI=1S/C12H15ClN4O/c1-16-8-15-11-10(16)2-3-14-12(11)17-4-5-18-7-9(17)6-13/h2-3,8-9H,4-7H2,1H3. The Hall–Kier alpha value is -1.33. The lowest BCUT2D eigenvalue weighted by atomic mass is 10.2. The summed E-state index contributed by atoms with van der Waals surface area (Å²) >= 11 is 6.01. The van der Waals surface area contributed by atoms with Crippen LogP contribution in [-0.4, -0.2) is 46.2 Å².